The van der Waals surface area contributed by atoms with Gasteiger partial charge in [-0.3, -0.25) is 0 Å². The van der Waals surface area contributed by atoms with Crippen LogP contribution >= 0.6 is 0 Å². The van der Waals surface area contributed by atoms with E-state index in [1.807, 2.05) is 12.1 Å². The predicted octanol–water partition coefficient (Wildman–Crippen LogP) is 6.03. The number of halogens is 3. The van der Waals surface area contributed by atoms with Crippen LogP contribution in [0.3, 0.4) is 0 Å². The molecule has 4 nitrogen and oxygen atoms in total. The highest BCUT2D eigenvalue weighted by molar-refractivity contribution is 5.50. The fourth-order valence-electron chi connectivity index (χ4n) is 2.36. The second-order valence-electron chi connectivity index (χ2n) is 5.63. The summed E-state index contributed by atoms with van der Waals surface area (Å²) < 4.78 is 49.1. The van der Waals surface area contributed by atoms with E-state index in [-0.39, 0.29) is 16.9 Å². The number of nitriles is 2. The second-order valence-corrected chi connectivity index (χ2v) is 5.63. The Bertz CT molecular complexity index is 1080. The van der Waals surface area contributed by atoms with Gasteiger partial charge < -0.3 is 9.47 Å². The van der Waals surface area contributed by atoms with Gasteiger partial charge in [-0.05, 0) is 54.6 Å². The van der Waals surface area contributed by atoms with Gasteiger partial charge >= 0.3 is 6.18 Å². The van der Waals surface area contributed by atoms with Gasteiger partial charge in [0, 0.05) is 6.07 Å². The molecule has 3 aromatic carbocycles. The Balaban J connectivity index is 1.76. The normalized spacial score (nSPS) is 10.6. The molecule has 138 valence electrons. The first-order valence-electron chi connectivity index (χ1n) is 7.96. The SMILES string of the molecule is N#Cc1ccc(Oc2cccc(Oc3ccc(C(F)(F)F)cc3)c2)cc1C#N. The van der Waals surface area contributed by atoms with Crippen LogP contribution in [-0.2, 0) is 6.18 Å². The molecule has 0 bridgehead atoms. The van der Waals surface area contributed by atoms with E-state index in [2.05, 4.69) is 0 Å². The molecular weight excluding hydrogens is 369 g/mol. The van der Waals surface area contributed by atoms with Crippen LogP contribution in [0.1, 0.15) is 16.7 Å². The molecule has 0 atom stereocenters. The van der Waals surface area contributed by atoms with Crippen molar-refractivity contribution >= 4 is 0 Å². The van der Waals surface area contributed by atoms with Gasteiger partial charge in [0.1, 0.15) is 35.1 Å². The standard InChI is InChI=1S/C21H11F3N2O2/c22-21(23,24)16-5-8-17(9-6-16)27-18-2-1-3-19(11-18)28-20-7-4-14(12-25)15(10-20)13-26/h1-11H. The molecule has 0 radical (unpaired) electrons. The molecule has 7 heteroatoms. The zero-order chi connectivity index (χ0) is 20.1. The number of rotatable bonds is 4. The third-order valence-corrected chi connectivity index (χ3v) is 3.69. The van der Waals surface area contributed by atoms with Crippen LogP contribution in [0.15, 0.2) is 66.7 Å². The maximum absolute atomic E-state index is 12.6. The van der Waals surface area contributed by atoms with Crippen molar-refractivity contribution in [2.75, 3.05) is 0 Å². The monoisotopic (exact) mass is 380 g/mol. The highest BCUT2D eigenvalue weighted by atomic mass is 19.4. The summed E-state index contributed by atoms with van der Waals surface area (Å²) in [5.41, 5.74) is -0.322. The second kappa shape index (κ2) is 7.73. The number of hydrogen-bond donors (Lipinski definition) is 0. The Kier molecular flexibility index (Phi) is 5.19. The van der Waals surface area contributed by atoms with Crippen molar-refractivity contribution < 1.29 is 22.6 Å². The summed E-state index contributed by atoms with van der Waals surface area (Å²) >= 11 is 0. The third kappa shape index (κ3) is 4.40. The summed E-state index contributed by atoms with van der Waals surface area (Å²) in [6.07, 6.45) is -4.41. The number of ether oxygens (including phenoxy) is 2. The van der Waals surface area contributed by atoms with Crippen molar-refractivity contribution in [3.05, 3.63) is 83.4 Å². The van der Waals surface area contributed by atoms with E-state index >= 15 is 0 Å². The first-order valence-corrected chi connectivity index (χ1v) is 7.96. The van der Waals surface area contributed by atoms with Crippen LogP contribution in [0.2, 0.25) is 0 Å². The third-order valence-electron chi connectivity index (χ3n) is 3.69. The van der Waals surface area contributed by atoms with Gasteiger partial charge in [0.05, 0.1) is 16.7 Å². The molecule has 0 heterocycles. The number of nitrogens with zero attached hydrogens (tertiary/aromatic N) is 2. The summed E-state index contributed by atoms with van der Waals surface area (Å²) in [4.78, 5) is 0. The van der Waals surface area contributed by atoms with Gasteiger partial charge in [-0.1, -0.05) is 6.07 Å². The lowest BCUT2D eigenvalue weighted by molar-refractivity contribution is -0.137. The molecular formula is C21H11F3N2O2. The van der Waals surface area contributed by atoms with E-state index in [4.69, 9.17) is 20.0 Å². The summed E-state index contributed by atoms with van der Waals surface area (Å²) in [5, 5.41) is 18.0. The van der Waals surface area contributed by atoms with Gasteiger partial charge in [-0.15, -0.1) is 0 Å². The molecule has 0 aliphatic carbocycles. The van der Waals surface area contributed by atoms with Gasteiger partial charge in [0.25, 0.3) is 0 Å². The van der Waals surface area contributed by atoms with Gasteiger partial charge in [0.2, 0.25) is 0 Å². The lowest BCUT2D eigenvalue weighted by atomic mass is 10.1. The van der Waals surface area contributed by atoms with Crippen LogP contribution in [0.25, 0.3) is 0 Å². The Hall–Kier alpha value is -3.97. The van der Waals surface area contributed by atoms with Crippen molar-refractivity contribution in [1.82, 2.24) is 0 Å². The van der Waals surface area contributed by atoms with Crippen molar-refractivity contribution in [2.45, 2.75) is 6.18 Å². The molecule has 0 N–H and O–H groups in total. The summed E-state index contributed by atoms with van der Waals surface area (Å²) in [7, 11) is 0. The van der Waals surface area contributed by atoms with Crippen molar-refractivity contribution in [3.63, 3.8) is 0 Å². The van der Waals surface area contributed by atoms with Crippen molar-refractivity contribution in [3.8, 4) is 35.1 Å². The van der Waals surface area contributed by atoms with Crippen LogP contribution in [0.5, 0.6) is 23.0 Å². The minimum atomic E-state index is -4.41. The number of hydrogen-bond acceptors (Lipinski definition) is 4. The zero-order valence-electron chi connectivity index (χ0n) is 14.2. The lowest BCUT2D eigenvalue weighted by Crippen LogP contribution is -2.03. The molecule has 0 aliphatic heterocycles. The molecule has 3 rings (SSSR count). The maximum Gasteiger partial charge on any atom is 0.416 e. The molecule has 0 unspecified atom stereocenters. The quantitative estimate of drug-likeness (QED) is 0.554. The molecule has 28 heavy (non-hydrogen) atoms. The first-order chi connectivity index (χ1) is 13.4. The Morgan fingerprint density at radius 1 is 0.643 bits per heavy atom. The van der Waals surface area contributed by atoms with Crippen molar-refractivity contribution in [1.29, 1.82) is 10.5 Å². The molecule has 0 spiro atoms. The summed E-state index contributed by atoms with van der Waals surface area (Å²) in [5.74, 6) is 1.38. The smallest absolute Gasteiger partial charge is 0.416 e. The van der Waals surface area contributed by atoms with E-state index in [1.165, 1.54) is 24.3 Å². The van der Waals surface area contributed by atoms with Gasteiger partial charge in [-0.25, -0.2) is 0 Å². The average Bonchev–Trinajstić information content (AvgIpc) is 2.68. The van der Waals surface area contributed by atoms with Crippen LogP contribution < -0.4 is 9.47 Å². The zero-order valence-corrected chi connectivity index (χ0v) is 14.2. The average molecular weight is 380 g/mol. The summed E-state index contributed by atoms with van der Waals surface area (Å²) in [6, 6.07) is 19.2. The first kappa shape index (κ1) is 18.8. The van der Waals surface area contributed by atoms with Crippen LogP contribution in [-0.4, -0.2) is 0 Å². The predicted molar refractivity (Wildman–Crippen MR) is 93.9 cm³/mol. The Morgan fingerprint density at radius 3 is 1.75 bits per heavy atom. The maximum atomic E-state index is 12.6. The number of alkyl halides is 3. The fourth-order valence-corrected chi connectivity index (χ4v) is 2.36. The molecule has 0 aliphatic rings. The lowest BCUT2D eigenvalue weighted by Gasteiger charge is -2.11. The topological polar surface area (TPSA) is 66.0 Å². The van der Waals surface area contributed by atoms with Crippen molar-refractivity contribution in [2.24, 2.45) is 0 Å². The summed E-state index contributed by atoms with van der Waals surface area (Å²) in [6.45, 7) is 0. The highest BCUT2D eigenvalue weighted by Crippen LogP contribution is 2.32. The molecule has 0 fully saturated rings. The van der Waals surface area contributed by atoms with E-state index < -0.39 is 11.7 Å². The Morgan fingerprint density at radius 2 is 1.18 bits per heavy atom. The fraction of sp³-hybridized carbons (Fsp3) is 0.0476. The Labute approximate surface area is 158 Å². The van der Waals surface area contributed by atoms with E-state index in [1.54, 1.807) is 30.3 Å². The van der Waals surface area contributed by atoms with E-state index in [0.717, 1.165) is 12.1 Å². The molecule has 0 aromatic heterocycles. The van der Waals surface area contributed by atoms with Gasteiger partial charge in [-0.2, -0.15) is 23.7 Å². The minimum absolute atomic E-state index is 0.192. The highest BCUT2D eigenvalue weighted by Gasteiger charge is 2.30. The van der Waals surface area contributed by atoms with Gasteiger partial charge in [0.15, 0.2) is 0 Å². The largest absolute Gasteiger partial charge is 0.457 e. The molecule has 0 saturated heterocycles. The minimum Gasteiger partial charge on any atom is -0.457 e. The van der Waals surface area contributed by atoms with Crippen LogP contribution in [0, 0.1) is 22.7 Å². The number of benzene rings is 3. The van der Waals surface area contributed by atoms with Crippen LogP contribution in [0.4, 0.5) is 13.2 Å². The molecule has 0 saturated carbocycles. The van der Waals surface area contributed by atoms with E-state index in [9.17, 15) is 13.2 Å². The van der Waals surface area contributed by atoms with E-state index in [0.29, 0.717) is 17.2 Å². The molecule has 3 aromatic rings. The molecule has 0 amide bonds.